The first-order valence-electron chi connectivity index (χ1n) is 10.0. The second kappa shape index (κ2) is 8.32. The number of aliphatic hydroxyl groups is 1. The smallest absolute Gasteiger partial charge is 0.348 e. The van der Waals surface area contributed by atoms with E-state index in [4.69, 9.17) is 6.42 Å². The van der Waals surface area contributed by atoms with E-state index in [0.717, 1.165) is 5.39 Å². The summed E-state index contributed by atoms with van der Waals surface area (Å²) in [6.07, 6.45) is 5.35. The summed E-state index contributed by atoms with van der Waals surface area (Å²) in [6, 6.07) is 13.6. The van der Waals surface area contributed by atoms with Crippen molar-refractivity contribution < 1.29 is 33.8 Å². The summed E-state index contributed by atoms with van der Waals surface area (Å²) < 4.78 is 9.07. The van der Waals surface area contributed by atoms with Gasteiger partial charge in [0, 0.05) is 11.1 Å². The van der Waals surface area contributed by atoms with Gasteiger partial charge in [0.1, 0.15) is 5.60 Å². The number of fused-ring (bicyclic) bond motifs is 4. The molecule has 0 unspecified atom stereocenters. The van der Waals surface area contributed by atoms with Gasteiger partial charge in [0.2, 0.25) is 0 Å². The zero-order valence-corrected chi connectivity index (χ0v) is 18.1. The standard InChI is InChI=1S/C14H6O3.C13H10O4/c1-2-8-7-9-5-3-4-6-10(9)12-11(8)13(15)17-14(12)16;1-13(2,16)6-5-8-3-4-9-10(7-8)12(15)17-11(9)14/h1,3-7H;3-4,7,16H,1-2H3. The van der Waals surface area contributed by atoms with Gasteiger partial charge in [-0.3, -0.25) is 0 Å². The molecule has 0 amide bonds. The third-order valence-electron chi connectivity index (χ3n) is 4.96. The predicted octanol–water partition coefficient (Wildman–Crippen LogP) is 3.25. The summed E-state index contributed by atoms with van der Waals surface area (Å²) >= 11 is 0. The van der Waals surface area contributed by atoms with E-state index < -0.39 is 29.5 Å². The van der Waals surface area contributed by atoms with Crippen molar-refractivity contribution in [2.45, 2.75) is 19.4 Å². The number of carbonyl (C=O) groups excluding carboxylic acids is 4. The van der Waals surface area contributed by atoms with Gasteiger partial charge in [0.25, 0.3) is 0 Å². The van der Waals surface area contributed by atoms with Gasteiger partial charge in [-0.05, 0) is 48.9 Å². The zero-order chi connectivity index (χ0) is 24.6. The minimum absolute atomic E-state index is 0.205. The summed E-state index contributed by atoms with van der Waals surface area (Å²) in [6.45, 7) is 3.12. The average molecular weight is 452 g/mol. The van der Waals surface area contributed by atoms with Crippen LogP contribution in [0.5, 0.6) is 0 Å². The summed E-state index contributed by atoms with van der Waals surface area (Å²) in [5.41, 5.74) is 0.806. The second-order valence-electron chi connectivity index (χ2n) is 7.96. The molecule has 166 valence electrons. The Balaban J connectivity index is 0.000000161. The minimum atomic E-state index is -1.10. The maximum absolute atomic E-state index is 11.6. The van der Waals surface area contributed by atoms with Crippen LogP contribution in [-0.2, 0) is 9.47 Å². The van der Waals surface area contributed by atoms with E-state index in [0.29, 0.717) is 16.5 Å². The van der Waals surface area contributed by atoms with Gasteiger partial charge in [0.05, 0.1) is 22.3 Å². The summed E-state index contributed by atoms with van der Waals surface area (Å²) in [5.74, 6) is 5.19. The van der Waals surface area contributed by atoms with Crippen LogP contribution >= 0.6 is 0 Å². The van der Waals surface area contributed by atoms with Crippen molar-refractivity contribution in [1.82, 2.24) is 0 Å². The number of rotatable bonds is 0. The van der Waals surface area contributed by atoms with E-state index in [1.54, 1.807) is 38.1 Å². The van der Waals surface area contributed by atoms with Crippen molar-refractivity contribution in [3.63, 3.8) is 0 Å². The molecule has 7 nitrogen and oxygen atoms in total. The normalized spacial score (nSPS) is 13.6. The number of ether oxygens (including phenoxy) is 2. The van der Waals surface area contributed by atoms with E-state index in [1.807, 2.05) is 12.1 Å². The maximum Gasteiger partial charge on any atom is 0.348 e. The molecule has 3 aromatic carbocycles. The SMILES string of the molecule is C#Cc1cc2ccccc2c2c1C(=O)OC2=O.CC(C)(O)C#Cc1ccc2c(c1)C(=O)OC2=O. The highest BCUT2D eigenvalue weighted by Crippen LogP contribution is 2.31. The molecule has 0 radical (unpaired) electrons. The molecule has 2 heterocycles. The van der Waals surface area contributed by atoms with Crippen LogP contribution in [0.2, 0.25) is 0 Å². The fraction of sp³-hybridized carbons (Fsp3) is 0.111. The molecular weight excluding hydrogens is 436 g/mol. The zero-order valence-electron chi connectivity index (χ0n) is 18.1. The van der Waals surface area contributed by atoms with Crippen LogP contribution in [0.15, 0.2) is 48.5 Å². The maximum atomic E-state index is 11.6. The van der Waals surface area contributed by atoms with Gasteiger partial charge < -0.3 is 14.6 Å². The quantitative estimate of drug-likeness (QED) is 0.317. The molecule has 3 aromatic rings. The highest BCUT2D eigenvalue weighted by atomic mass is 16.6. The molecule has 0 fully saturated rings. The highest BCUT2D eigenvalue weighted by molar-refractivity contribution is 6.22. The van der Waals surface area contributed by atoms with Gasteiger partial charge in [-0.25, -0.2) is 19.2 Å². The van der Waals surface area contributed by atoms with Crippen LogP contribution in [0, 0.1) is 24.2 Å². The van der Waals surface area contributed by atoms with Gasteiger partial charge >= 0.3 is 23.9 Å². The second-order valence-corrected chi connectivity index (χ2v) is 7.96. The first-order valence-corrected chi connectivity index (χ1v) is 10.0. The number of hydrogen-bond acceptors (Lipinski definition) is 7. The lowest BCUT2D eigenvalue weighted by Gasteiger charge is -2.05. The van der Waals surface area contributed by atoms with Crippen LogP contribution < -0.4 is 0 Å². The lowest BCUT2D eigenvalue weighted by Crippen LogP contribution is -2.14. The fourth-order valence-corrected chi connectivity index (χ4v) is 3.46. The Morgan fingerprint density at radius 2 is 1.47 bits per heavy atom. The Kier molecular flexibility index (Phi) is 5.50. The molecule has 0 saturated heterocycles. The molecule has 0 aliphatic carbocycles. The van der Waals surface area contributed by atoms with Crippen LogP contribution in [0.3, 0.4) is 0 Å². The Morgan fingerprint density at radius 3 is 2.18 bits per heavy atom. The van der Waals surface area contributed by atoms with E-state index >= 15 is 0 Å². The van der Waals surface area contributed by atoms with Crippen molar-refractivity contribution in [3.05, 3.63) is 81.9 Å². The molecule has 2 aliphatic rings. The van der Waals surface area contributed by atoms with Gasteiger partial charge in [0.15, 0.2) is 0 Å². The van der Waals surface area contributed by atoms with E-state index in [9.17, 15) is 24.3 Å². The summed E-state index contributed by atoms with van der Waals surface area (Å²) in [5, 5.41) is 11.0. The van der Waals surface area contributed by atoms with E-state index in [2.05, 4.69) is 27.2 Å². The predicted molar refractivity (Wildman–Crippen MR) is 121 cm³/mol. The Bertz CT molecular complexity index is 1520. The Labute approximate surface area is 194 Å². The third kappa shape index (κ3) is 4.16. The van der Waals surface area contributed by atoms with Crippen LogP contribution in [0.4, 0.5) is 0 Å². The topological polar surface area (TPSA) is 107 Å². The number of terminal acetylenes is 1. The average Bonchev–Trinajstić information content (AvgIpc) is 3.26. The molecule has 2 aliphatic heterocycles. The number of cyclic esters (lactones) is 4. The van der Waals surface area contributed by atoms with Gasteiger partial charge in [-0.2, -0.15) is 0 Å². The van der Waals surface area contributed by atoms with Crippen molar-refractivity contribution in [2.24, 2.45) is 0 Å². The molecule has 0 saturated carbocycles. The van der Waals surface area contributed by atoms with Crippen LogP contribution in [0.25, 0.3) is 10.8 Å². The third-order valence-corrected chi connectivity index (χ3v) is 4.96. The molecular formula is C27H16O7. The largest absolute Gasteiger partial charge is 0.386 e. The number of esters is 4. The molecule has 34 heavy (non-hydrogen) atoms. The van der Waals surface area contributed by atoms with Gasteiger partial charge in [-0.15, -0.1) is 6.42 Å². The first-order chi connectivity index (χ1) is 16.1. The molecule has 0 bridgehead atoms. The molecule has 1 N–H and O–H groups in total. The van der Waals surface area contributed by atoms with E-state index in [1.165, 1.54) is 12.1 Å². The molecule has 7 heteroatoms. The molecule has 0 spiro atoms. The van der Waals surface area contributed by atoms with E-state index in [-0.39, 0.29) is 22.3 Å². The lowest BCUT2D eigenvalue weighted by molar-refractivity contribution is 0.0426. The van der Waals surface area contributed by atoms with Crippen LogP contribution in [0.1, 0.15) is 66.4 Å². The molecule has 0 aromatic heterocycles. The monoisotopic (exact) mass is 452 g/mol. The lowest BCUT2D eigenvalue weighted by atomic mass is 9.96. The summed E-state index contributed by atoms with van der Waals surface area (Å²) in [7, 11) is 0. The van der Waals surface area contributed by atoms with Crippen molar-refractivity contribution in [1.29, 1.82) is 0 Å². The minimum Gasteiger partial charge on any atom is -0.386 e. The number of carbonyl (C=O) groups is 4. The number of benzene rings is 3. The Morgan fingerprint density at radius 1 is 0.824 bits per heavy atom. The van der Waals surface area contributed by atoms with Gasteiger partial charge in [-0.1, -0.05) is 42.0 Å². The van der Waals surface area contributed by atoms with Crippen LogP contribution in [-0.4, -0.2) is 34.6 Å². The molecule has 0 atom stereocenters. The fourth-order valence-electron chi connectivity index (χ4n) is 3.46. The van der Waals surface area contributed by atoms with Crippen molar-refractivity contribution in [2.75, 3.05) is 0 Å². The molecule has 5 rings (SSSR count). The first kappa shape index (κ1) is 22.5. The van der Waals surface area contributed by atoms with Crippen molar-refractivity contribution in [3.8, 4) is 24.2 Å². The summed E-state index contributed by atoms with van der Waals surface area (Å²) in [4.78, 5) is 45.7. The number of hydrogen-bond donors (Lipinski definition) is 1. The van der Waals surface area contributed by atoms with Crippen molar-refractivity contribution >= 4 is 34.6 Å². The highest BCUT2D eigenvalue weighted by Gasteiger charge is 2.34. The Hall–Kier alpha value is -4.72.